The Hall–Kier alpha value is -2.26. The molecule has 1 aromatic heterocycles. The van der Waals surface area contributed by atoms with Crippen LogP contribution in [0, 0.1) is 0 Å². The third-order valence-corrected chi connectivity index (χ3v) is 3.37. The summed E-state index contributed by atoms with van der Waals surface area (Å²) < 4.78 is 5.58. The predicted molar refractivity (Wildman–Crippen MR) is 80.4 cm³/mol. The van der Waals surface area contributed by atoms with Crippen molar-refractivity contribution in [2.24, 2.45) is 0 Å². The monoisotopic (exact) mass is 285 g/mol. The minimum atomic E-state index is -0.254. The second-order valence-electron chi connectivity index (χ2n) is 4.44. The minimum absolute atomic E-state index is 0.254. The van der Waals surface area contributed by atoms with Gasteiger partial charge in [-0.15, -0.1) is 0 Å². The predicted octanol–water partition coefficient (Wildman–Crippen LogP) is 3.76. The highest BCUT2D eigenvalue weighted by Crippen LogP contribution is 2.23. The number of ether oxygens (including phenoxy) is 1. The lowest BCUT2D eigenvalue weighted by Crippen LogP contribution is -2.11. The van der Waals surface area contributed by atoms with Crippen molar-refractivity contribution in [2.45, 2.75) is 6.61 Å². The summed E-state index contributed by atoms with van der Waals surface area (Å²) in [6, 6.07) is 16.8. The van der Waals surface area contributed by atoms with Crippen LogP contribution in [0.5, 0.6) is 5.75 Å². The molecule has 0 fully saturated rings. The Balaban J connectivity index is 1.94. The Kier molecular flexibility index (Phi) is 3.44. The van der Waals surface area contributed by atoms with Crippen molar-refractivity contribution < 1.29 is 4.74 Å². The number of hydrogen-bond acceptors (Lipinski definition) is 2. The minimum Gasteiger partial charge on any atom is -0.483 e. The molecule has 0 unspecified atom stereocenters. The summed E-state index contributed by atoms with van der Waals surface area (Å²) in [5.74, 6) is 0.273. The molecule has 4 heteroatoms. The van der Waals surface area contributed by atoms with Crippen molar-refractivity contribution in [1.82, 2.24) is 4.98 Å². The van der Waals surface area contributed by atoms with Gasteiger partial charge < -0.3 is 9.72 Å². The first-order valence-electron chi connectivity index (χ1n) is 6.22. The summed E-state index contributed by atoms with van der Waals surface area (Å²) in [6.45, 7) is 0.347. The highest BCUT2D eigenvalue weighted by atomic mass is 35.5. The maximum absolute atomic E-state index is 11.9. The number of halogens is 1. The van der Waals surface area contributed by atoms with Gasteiger partial charge in [0.25, 0.3) is 5.56 Å². The third-order valence-electron chi connectivity index (χ3n) is 3.04. The average molecular weight is 286 g/mol. The van der Waals surface area contributed by atoms with Crippen LogP contribution in [0.4, 0.5) is 0 Å². The molecule has 0 atom stereocenters. The van der Waals surface area contributed by atoms with E-state index in [2.05, 4.69) is 4.98 Å². The summed E-state index contributed by atoms with van der Waals surface area (Å²) in [7, 11) is 0. The van der Waals surface area contributed by atoms with Crippen molar-refractivity contribution in [3.63, 3.8) is 0 Å². The quantitative estimate of drug-likeness (QED) is 0.796. The fourth-order valence-corrected chi connectivity index (χ4v) is 2.24. The molecule has 2 aromatic carbocycles. The number of benzene rings is 2. The zero-order valence-corrected chi connectivity index (χ0v) is 11.4. The first-order chi connectivity index (χ1) is 9.74. The van der Waals surface area contributed by atoms with Crippen LogP contribution >= 0.6 is 11.6 Å². The van der Waals surface area contributed by atoms with Gasteiger partial charge in [0.2, 0.25) is 0 Å². The van der Waals surface area contributed by atoms with Gasteiger partial charge in [-0.1, -0.05) is 48.0 Å². The van der Waals surface area contributed by atoms with E-state index in [-0.39, 0.29) is 11.3 Å². The Morgan fingerprint density at radius 2 is 1.85 bits per heavy atom. The van der Waals surface area contributed by atoms with E-state index in [1.807, 2.05) is 36.4 Å². The van der Waals surface area contributed by atoms with Gasteiger partial charge in [-0.25, -0.2) is 0 Å². The van der Waals surface area contributed by atoms with Crippen LogP contribution in [0.25, 0.3) is 10.9 Å². The van der Waals surface area contributed by atoms with E-state index in [1.54, 1.807) is 18.2 Å². The number of rotatable bonds is 3. The zero-order chi connectivity index (χ0) is 13.9. The maximum atomic E-state index is 11.9. The molecule has 100 valence electrons. The van der Waals surface area contributed by atoms with Crippen LogP contribution in [-0.4, -0.2) is 4.98 Å². The maximum Gasteiger partial charge on any atom is 0.290 e. The summed E-state index contributed by atoms with van der Waals surface area (Å²) in [6.07, 6.45) is 0. The summed E-state index contributed by atoms with van der Waals surface area (Å²) in [4.78, 5) is 14.7. The molecule has 0 aliphatic rings. The van der Waals surface area contributed by atoms with E-state index in [4.69, 9.17) is 16.3 Å². The molecule has 3 nitrogen and oxygen atoms in total. The number of fused-ring (bicyclic) bond motifs is 1. The number of nitrogens with one attached hydrogen (secondary N) is 1. The lowest BCUT2D eigenvalue weighted by molar-refractivity contribution is 0.302. The molecular weight excluding hydrogens is 274 g/mol. The van der Waals surface area contributed by atoms with Crippen LogP contribution in [0.15, 0.2) is 59.4 Å². The van der Waals surface area contributed by atoms with Crippen LogP contribution in [0.1, 0.15) is 5.56 Å². The molecule has 1 heterocycles. The molecule has 0 aliphatic carbocycles. The number of aromatic nitrogens is 1. The van der Waals surface area contributed by atoms with E-state index in [0.29, 0.717) is 17.1 Å². The topological polar surface area (TPSA) is 42.1 Å². The molecule has 1 N–H and O–H groups in total. The Morgan fingerprint density at radius 1 is 1.05 bits per heavy atom. The highest BCUT2D eigenvalue weighted by Gasteiger charge is 2.06. The van der Waals surface area contributed by atoms with Gasteiger partial charge in [0.15, 0.2) is 5.75 Å². The fraction of sp³-hybridized carbons (Fsp3) is 0.0625. The average Bonchev–Trinajstić information content (AvgIpc) is 2.47. The van der Waals surface area contributed by atoms with E-state index in [1.165, 1.54) is 0 Å². The van der Waals surface area contributed by atoms with Crippen molar-refractivity contribution in [3.8, 4) is 5.75 Å². The van der Waals surface area contributed by atoms with Crippen LogP contribution in [0.3, 0.4) is 0 Å². The van der Waals surface area contributed by atoms with Crippen molar-refractivity contribution in [1.29, 1.82) is 0 Å². The number of aromatic amines is 1. The van der Waals surface area contributed by atoms with Crippen LogP contribution in [-0.2, 0) is 6.61 Å². The summed E-state index contributed by atoms with van der Waals surface area (Å²) in [5.41, 5.74) is 1.46. The van der Waals surface area contributed by atoms with Gasteiger partial charge in [0.1, 0.15) is 6.61 Å². The Morgan fingerprint density at radius 3 is 2.65 bits per heavy atom. The molecule has 0 saturated heterocycles. The van der Waals surface area contributed by atoms with Gasteiger partial charge in [0, 0.05) is 5.39 Å². The molecule has 0 bridgehead atoms. The van der Waals surface area contributed by atoms with Crippen LogP contribution in [0.2, 0.25) is 5.02 Å². The van der Waals surface area contributed by atoms with Crippen molar-refractivity contribution in [3.05, 3.63) is 75.5 Å². The smallest absolute Gasteiger partial charge is 0.290 e. The van der Waals surface area contributed by atoms with Crippen molar-refractivity contribution in [2.75, 3.05) is 0 Å². The molecule has 0 amide bonds. The largest absolute Gasteiger partial charge is 0.483 e. The van der Waals surface area contributed by atoms with Crippen molar-refractivity contribution >= 4 is 22.5 Å². The van der Waals surface area contributed by atoms with Gasteiger partial charge in [-0.3, -0.25) is 4.79 Å². The lowest BCUT2D eigenvalue weighted by atomic mass is 10.2. The van der Waals surface area contributed by atoms with Gasteiger partial charge in [-0.05, 0) is 23.8 Å². The SMILES string of the molecule is O=c1[nH]c2cccc(Cl)c2cc1OCc1ccccc1. The second-order valence-corrected chi connectivity index (χ2v) is 4.85. The first-order valence-corrected chi connectivity index (χ1v) is 6.60. The van der Waals surface area contributed by atoms with E-state index in [0.717, 1.165) is 10.9 Å². The number of hydrogen-bond donors (Lipinski definition) is 1. The molecule has 3 rings (SSSR count). The molecule has 3 aromatic rings. The zero-order valence-electron chi connectivity index (χ0n) is 10.6. The van der Waals surface area contributed by atoms with E-state index >= 15 is 0 Å². The Labute approximate surface area is 120 Å². The molecule has 0 spiro atoms. The van der Waals surface area contributed by atoms with Gasteiger partial charge in [-0.2, -0.15) is 0 Å². The van der Waals surface area contributed by atoms with Gasteiger partial charge >= 0.3 is 0 Å². The first kappa shape index (κ1) is 12.8. The highest BCUT2D eigenvalue weighted by molar-refractivity contribution is 6.35. The number of pyridine rings is 1. The molecule has 0 saturated carbocycles. The standard InChI is InChI=1S/C16H12ClNO2/c17-13-7-4-8-14-12(13)9-15(16(19)18-14)20-10-11-5-2-1-3-6-11/h1-9H,10H2,(H,18,19). The molecule has 20 heavy (non-hydrogen) atoms. The molecule has 0 radical (unpaired) electrons. The second kappa shape index (κ2) is 5.39. The number of H-pyrrole nitrogens is 1. The molecular formula is C16H12ClNO2. The van der Waals surface area contributed by atoms with E-state index < -0.39 is 0 Å². The summed E-state index contributed by atoms with van der Waals surface area (Å²) in [5, 5.41) is 1.36. The van der Waals surface area contributed by atoms with Gasteiger partial charge in [0.05, 0.1) is 10.5 Å². The summed E-state index contributed by atoms with van der Waals surface area (Å²) >= 11 is 6.12. The van der Waals surface area contributed by atoms with Crippen LogP contribution < -0.4 is 10.3 Å². The normalized spacial score (nSPS) is 10.7. The third kappa shape index (κ3) is 2.53. The fourth-order valence-electron chi connectivity index (χ4n) is 2.02. The van der Waals surface area contributed by atoms with E-state index in [9.17, 15) is 4.79 Å². The molecule has 0 aliphatic heterocycles. The lowest BCUT2D eigenvalue weighted by Gasteiger charge is -2.07. The Bertz CT molecular complexity index is 796.